The Kier molecular flexibility index (Phi) is 7.21. The lowest BCUT2D eigenvalue weighted by atomic mass is 9.73. The lowest BCUT2D eigenvalue weighted by Gasteiger charge is -2.42. The quantitative estimate of drug-likeness (QED) is 0.413. The first kappa shape index (κ1) is 25.2. The Bertz CT molecular complexity index is 1140. The Morgan fingerprint density at radius 3 is 2.21 bits per heavy atom. The maximum atomic E-state index is 12.6. The number of carboxylic acid groups (broad SMARTS) is 1. The van der Waals surface area contributed by atoms with Crippen LogP contribution in [0.4, 0.5) is 5.69 Å². The first-order valence-electron chi connectivity index (χ1n) is 10.1. The van der Waals surface area contributed by atoms with E-state index in [2.05, 4.69) is 31.5 Å². The zero-order valence-electron chi connectivity index (χ0n) is 18.1. The van der Waals surface area contributed by atoms with Gasteiger partial charge in [0, 0.05) is 30.2 Å². The number of carbonyl (C=O) groups excluding carboxylic acids is 2. The summed E-state index contributed by atoms with van der Waals surface area (Å²) in [4.78, 5) is 40.8. The van der Waals surface area contributed by atoms with Gasteiger partial charge in [-0.1, -0.05) is 42.3 Å². The number of carbonyl (C=O) groups is 3. The third kappa shape index (κ3) is 4.78. The summed E-state index contributed by atoms with van der Waals surface area (Å²) in [6.07, 6.45) is 3.12. The van der Waals surface area contributed by atoms with Crippen molar-refractivity contribution in [2.45, 2.75) is 39.2 Å². The predicted octanol–water partition coefficient (Wildman–Crippen LogP) is 5.22. The van der Waals surface area contributed by atoms with Gasteiger partial charge in [0.05, 0.1) is 25.5 Å². The van der Waals surface area contributed by atoms with Crippen LogP contribution in [0.3, 0.4) is 0 Å². The molecule has 1 aliphatic carbocycles. The minimum atomic E-state index is -1.31. The van der Waals surface area contributed by atoms with E-state index in [4.69, 9.17) is 23.2 Å². The Labute approximate surface area is 209 Å². The number of carboxylic acids is 1. The first-order chi connectivity index (χ1) is 15.4. The Morgan fingerprint density at radius 1 is 1.15 bits per heavy atom. The molecule has 0 saturated heterocycles. The van der Waals surface area contributed by atoms with Gasteiger partial charge < -0.3 is 15.7 Å². The van der Waals surface area contributed by atoms with Crippen molar-refractivity contribution in [1.82, 2.24) is 10.3 Å². The molecule has 3 rings (SSSR count). The monoisotopic (exact) mass is 553 g/mol. The van der Waals surface area contributed by atoms with Gasteiger partial charge in [0.2, 0.25) is 0 Å². The van der Waals surface area contributed by atoms with Crippen LogP contribution in [0.25, 0.3) is 0 Å². The number of nitrogens with zero attached hydrogens (tertiary/aromatic N) is 1. The molecule has 7 nitrogen and oxygen atoms in total. The smallest absolute Gasteiger partial charge is 0.329 e. The van der Waals surface area contributed by atoms with Crippen LogP contribution in [-0.4, -0.2) is 33.3 Å². The summed E-state index contributed by atoms with van der Waals surface area (Å²) >= 11 is 15.3. The van der Waals surface area contributed by atoms with Gasteiger partial charge in [-0.15, -0.1) is 0 Å². The molecule has 33 heavy (non-hydrogen) atoms. The molecule has 0 radical (unpaired) electrons. The molecular formula is C23H22BrCl2N3O4. The molecule has 1 aliphatic rings. The zero-order valence-corrected chi connectivity index (χ0v) is 21.2. The number of halogens is 3. The van der Waals surface area contributed by atoms with Gasteiger partial charge in [0.1, 0.15) is 5.54 Å². The third-order valence-electron chi connectivity index (χ3n) is 5.79. The fraction of sp³-hybridized carbons (Fsp3) is 0.304. The molecule has 1 aromatic heterocycles. The number of benzene rings is 1. The van der Waals surface area contributed by atoms with Crippen LogP contribution < -0.4 is 10.6 Å². The molecule has 174 valence electrons. The number of aliphatic carboxylic acids is 1. The number of pyridine rings is 1. The second-order valence-electron chi connectivity index (χ2n) is 8.31. The van der Waals surface area contributed by atoms with Crippen LogP contribution in [0.5, 0.6) is 0 Å². The Morgan fingerprint density at radius 2 is 1.73 bits per heavy atom. The SMILES string of the molecule is CC[C@@](Cc1ccc(NC(=O)c2c(Cl)cncc2Cl)cc1)(NC1=C(Br)C(=O)C1(C)C)C(=O)O. The van der Waals surface area contributed by atoms with E-state index < -0.39 is 22.8 Å². The van der Waals surface area contributed by atoms with E-state index >= 15 is 0 Å². The summed E-state index contributed by atoms with van der Waals surface area (Å²) in [7, 11) is 0. The molecule has 2 aromatic rings. The van der Waals surface area contributed by atoms with E-state index in [0.29, 0.717) is 15.9 Å². The Balaban J connectivity index is 1.80. The number of ketones is 1. The van der Waals surface area contributed by atoms with Crippen molar-refractivity contribution >= 4 is 62.5 Å². The number of hydrogen-bond donors (Lipinski definition) is 3. The lowest BCUT2D eigenvalue weighted by molar-refractivity contribution is -0.145. The number of anilines is 1. The van der Waals surface area contributed by atoms with Crippen LogP contribution in [-0.2, 0) is 16.0 Å². The molecule has 3 N–H and O–H groups in total. The van der Waals surface area contributed by atoms with Gasteiger partial charge in [0.15, 0.2) is 5.78 Å². The first-order valence-corrected chi connectivity index (χ1v) is 11.6. The molecular weight excluding hydrogens is 533 g/mol. The molecule has 0 unspecified atom stereocenters. The van der Waals surface area contributed by atoms with Gasteiger partial charge in [0.25, 0.3) is 5.91 Å². The molecule has 1 atom stereocenters. The zero-order chi connectivity index (χ0) is 24.6. The van der Waals surface area contributed by atoms with Gasteiger partial charge in [-0.05, 0) is 53.9 Å². The van der Waals surface area contributed by atoms with Crippen LogP contribution in [0.1, 0.15) is 43.1 Å². The van der Waals surface area contributed by atoms with Crippen molar-refractivity contribution in [3.63, 3.8) is 0 Å². The Hall–Kier alpha value is -2.42. The fourth-order valence-corrected chi connectivity index (χ4v) is 5.20. The summed E-state index contributed by atoms with van der Waals surface area (Å²) < 4.78 is 0.373. The molecule has 1 heterocycles. The van der Waals surface area contributed by atoms with Crippen molar-refractivity contribution in [2.24, 2.45) is 5.41 Å². The largest absolute Gasteiger partial charge is 0.479 e. The standard InChI is InChI=1S/C23H22BrCl2N3O4/c1-4-23(21(32)33,29-18-17(24)19(30)22(18,2)3)9-12-5-7-13(8-6-12)28-20(31)16-14(25)10-27-11-15(16)26/h5-8,10-11,29H,4,9H2,1-3H3,(H,28,31)(H,32,33)/t23-/m0/s1. The van der Waals surface area contributed by atoms with Crippen molar-refractivity contribution in [2.75, 3.05) is 5.32 Å². The van der Waals surface area contributed by atoms with Crippen LogP contribution >= 0.6 is 39.1 Å². The molecule has 10 heteroatoms. The van der Waals surface area contributed by atoms with Crippen molar-refractivity contribution < 1.29 is 19.5 Å². The summed E-state index contributed by atoms with van der Waals surface area (Å²) in [6.45, 7) is 5.28. The summed E-state index contributed by atoms with van der Waals surface area (Å²) in [5.74, 6) is -1.58. The molecule has 1 aromatic carbocycles. The fourth-order valence-electron chi connectivity index (χ4n) is 3.58. The van der Waals surface area contributed by atoms with Crippen molar-refractivity contribution in [3.8, 4) is 0 Å². The van der Waals surface area contributed by atoms with Crippen molar-refractivity contribution in [1.29, 1.82) is 0 Å². The average Bonchev–Trinajstić information content (AvgIpc) is 2.76. The van der Waals surface area contributed by atoms with Crippen LogP contribution in [0.2, 0.25) is 10.0 Å². The lowest BCUT2D eigenvalue weighted by Crippen LogP contribution is -2.58. The number of nitrogens with one attached hydrogen (secondary N) is 2. The highest BCUT2D eigenvalue weighted by atomic mass is 79.9. The number of aromatic nitrogens is 1. The number of Topliss-reactive ketones (excluding diaryl/α,β-unsaturated/α-hetero) is 1. The van der Waals surface area contributed by atoms with Crippen LogP contribution in [0.15, 0.2) is 46.8 Å². The number of rotatable bonds is 8. The average molecular weight is 555 g/mol. The molecule has 0 saturated carbocycles. The number of amides is 1. The number of allylic oxidation sites excluding steroid dienone is 2. The maximum Gasteiger partial charge on any atom is 0.329 e. The second-order valence-corrected chi connectivity index (χ2v) is 9.92. The number of hydrogen-bond acceptors (Lipinski definition) is 5. The highest BCUT2D eigenvalue weighted by Gasteiger charge is 2.50. The van der Waals surface area contributed by atoms with E-state index in [1.807, 2.05) is 0 Å². The third-order valence-corrected chi connectivity index (χ3v) is 7.12. The minimum Gasteiger partial charge on any atom is -0.479 e. The minimum absolute atomic E-state index is 0.0742. The summed E-state index contributed by atoms with van der Waals surface area (Å²) in [5, 5.41) is 16.2. The van der Waals surface area contributed by atoms with Gasteiger partial charge in [-0.2, -0.15) is 0 Å². The van der Waals surface area contributed by atoms with Gasteiger partial charge in [-0.25, -0.2) is 4.79 Å². The molecule has 0 aliphatic heterocycles. The predicted molar refractivity (Wildman–Crippen MR) is 131 cm³/mol. The van der Waals surface area contributed by atoms with E-state index in [0.717, 1.165) is 5.56 Å². The highest BCUT2D eigenvalue weighted by molar-refractivity contribution is 9.12. The van der Waals surface area contributed by atoms with E-state index in [1.165, 1.54) is 12.4 Å². The van der Waals surface area contributed by atoms with E-state index in [9.17, 15) is 19.5 Å². The summed E-state index contributed by atoms with van der Waals surface area (Å²) in [5.41, 5.74) is -0.159. The van der Waals surface area contributed by atoms with Crippen molar-refractivity contribution in [3.05, 3.63) is 68.0 Å². The van der Waals surface area contributed by atoms with E-state index in [-0.39, 0.29) is 34.2 Å². The molecule has 0 fully saturated rings. The molecule has 1 amide bonds. The highest BCUT2D eigenvalue weighted by Crippen LogP contribution is 2.45. The summed E-state index contributed by atoms with van der Waals surface area (Å²) in [6, 6.07) is 6.82. The maximum absolute atomic E-state index is 12.6. The topological polar surface area (TPSA) is 108 Å². The second kappa shape index (κ2) is 9.44. The van der Waals surface area contributed by atoms with Gasteiger partial charge in [-0.3, -0.25) is 14.6 Å². The molecule has 0 bridgehead atoms. The van der Waals surface area contributed by atoms with Crippen LogP contribution in [0, 0.1) is 5.41 Å². The van der Waals surface area contributed by atoms with E-state index in [1.54, 1.807) is 45.0 Å². The molecule has 0 spiro atoms. The van der Waals surface area contributed by atoms with Gasteiger partial charge >= 0.3 is 5.97 Å². The normalized spacial score (nSPS) is 16.6.